The number of hydrogen-bond donors (Lipinski definition) is 2. The first-order valence-electron chi connectivity index (χ1n) is 3.55. The van der Waals surface area contributed by atoms with Crippen molar-refractivity contribution in [2.24, 2.45) is 11.5 Å². The lowest BCUT2D eigenvalue weighted by molar-refractivity contribution is 0.583. The molecule has 1 aromatic carbocycles. The Labute approximate surface area is 78.9 Å². The fraction of sp³-hybridized carbons (Fsp3) is 0.250. The maximum atomic E-state index is 13.1. The molecule has 0 spiro atoms. The normalized spacial score (nSPS) is 13.0. The molecular formula is C8H10BrFN2. The third-order valence-electron chi connectivity index (χ3n) is 1.61. The van der Waals surface area contributed by atoms with Gasteiger partial charge in [0.2, 0.25) is 0 Å². The molecule has 4 N–H and O–H groups in total. The lowest BCUT2D eigenvalue weighted by atomic mass is 10.1. The molecule has 0 heterocycles. The molecule has 0 radical (unpaired) electrons. The van der Waals surface area contributed by atoms with Crippen molar-refractivity contribution in [2.45, 2.75) is 6.04 Å². The first-order valence-corrected chi connectivity index (χ1v) is 4.35. The van der Waals surface area contributed by atoms with Crippen LogP contribution in [0.15, 0.2) is 22.7 Å². The molecule has 0 amide bonds. The molecule has 0 saturated heterocycles. The van der Waals surface area contributed by atoms with Crippen LogP contribution in [0.4, 0.5) is 4.39 Å². The van der Waals surface area contributed by atoms with Crippen molar-refractivity contribution in [3.63, 3.8) is 0 Å². The van der Waals surface area contributed by atoms with E-state index in [1.165, 1.54) is 6.07 Å². The van der Waals surface area contributed by atoms with Crippen molar-refractivity contribution in [1.82, 2.24) is 0 Å². The first kappa shape index (κ1) is 9.64. The molecule has 1 aromatic rings. The molecule has 0 aliphatic rings. The van der Waals surface area contributed by atoms with Crippen LogP contribution in [0.2, 0.25) is 0 Å². The Morgan fingerprint density at radius 2 is 2.17 bits per heavy atom. The van der Waals surface area contributed by atoms with Gasteiger partial charge in [0.1, 0.15) is 5.82 Å². The summed E-state index contributed by atoms with van der Waals surface area (Å²) in [5.74, 6) is -0.309. The number of rotatable bonds is 2. The van der Waals surface area contributed by atoms with Gasteiger partial charge in [-0.15, -0.1) is 0 Å². The second-order valence-corrected chi connectivity index (χ2v) is 3.42. The van der Waals surface area contributed by atoms with Crippen LogP contribution in [0.1, 0.15) is 11.6 Å². The molecule has 0 unspecified atom stereocenters. The SMILES string of the molecule is NC[C@H](N)c1cc(Br)ccc1F. The van der Waals surface area contributed by atoms with Gasteiger partial charge in [-0.25, -0.2) is 4.39 Å². The number of hydrogen-bond acceptors (Lipinski definition) is 2. The molecule has 2 nitrogen and oxygen atoms in total. The summed E-state index contributed by atoms with van der Waals surface area (Å²) in [4.78, 5) is 0. The van der Waals surface area contributed by atoms with E-state index in [1.54, 1.807) is 12.1 Å². The number of halogens is 2. The van der Waals surface area contributed by atoms with Crippen molar-refractivity contribution in [3.8, 4) is 0 Å². The van der Waals surface area contributed by atoms with Gasteiger partial charge in [0.05, 0.1) is 0 Å². The van der Waals surface area contributed by atoms with Gasteiger partial charge in [-0.3, -0.25) is 0 Å². The molecule has 4 heteroatoms. The van der Waals surface area contributed by atoms with Crippen LogP contribution in [0.3, 0.4) is 0 Å². The van der Waals surface area contributed by atoms with Crippen LogP contribution in [-0.4, -0.2) is 6.54 Å². The molecule has 1 atom stereocenters. The average Bonchev–Trinajstić information content (AvgIpc) is 2.08. The van der Waals surface area contributed by atoms with Gasteiger partial charge in [0, 0.05) is 22.6 Å². The Morgan fingerprint density at radius 3 is 2.75 bits per heavy atom. The number of nitrogens with two attached hydrogens (primary N) is 2. The van der Waals surface area contributed by atoms with Gasteiger partial charge in [0.15, 0.2) is 0 Å². The van der Waals surface area contributed by atoms with E-state index < -0.39 is 6.04 Å². The van der Waals surface area contributed by atoms with E-state index in [9.17, 15) is 4.39 Å². The minimum absolute atomic E-state index is 0.243. The standard InChI is InChI=1S/C8H10BrFN2/c9-5-1-2-7(10)6(3-5)8(12)4-11/h1-3,8H,4,11-12H2/t8-/m0/s1. The molecule has 0 aliphatic heterocycles. The molecule has 0 fully saturated rings. The maximum absolute atomic E-state index is 13.1. The Hall–Kier alpha value is -0.450. The van der Waals surface area contributed by atoms with Crippen LogP contribution in [0, 0.1) is 5.82 Å². The highest BCUT2D eigenvalue weighted by atomic mass is 79.9. The molecule has 66 valence electrons. The second kappa shape index (κ2) is 3.98. The minimum atomic E-state index is -0.428. The van der Waals surface area contributed by atoms with Gasteiger partial charge in [-0.05, 0) is 18.2 Å². The van der Waals surface area contributed by atoms with Gasteiger partial charge < -0.3 is 11.5 Å². The Bertz CT molecular complexity index is 278. The summed E-state index contributed by atoms with van der Waals surface area (Å²) in [6, 6.07) is 4.21. The van der Waals surface area contributed by atoms with Crippen molar-refractivity contribution < 1.29 is 4.39 Å². The average molecular weight is 233 g/mol. The van der Waals surface area contributed by atoms with E-state index in [-0.39, 0.29) is 12.4 Å². The van der Waals surface area contributed by atoms with Crippen LogP contribution in [0.5, 0.6) is 0 Å². The summed E-state index contributed by atoms with van der Waals surface area (Å²) in [6.45, 7) is 0.243. The highest BCUT2D eigenvalue weighted by Crippen LogP contribution is 2.19. The molecule has 12 heavy (non-hydrogen) atoms. The summed E-state index contributed by atoms with van der Waals surface area (Å²) in [5, 5.41) is 0. The second-order valence-electron chi connectivity index (χ2n) is 2.51. The first-order chi connectivity index (χ1) is 5.65. The number of benzene rings is 1. The van der Waals surface area contributed by atoms with E-state index >= 15 is 0 Å². The van der Waals surface area contributed by atoms with Crippen LogP contribution in [0.25, 0.3) is 0 Å². The zero-order valence-electron chi connectivity index (χ0n) is 6.43. The van der Waals surface area contributed by atoms with Gasteiger partial charge >= 0.3 is 0 Å². The van der Waals surface area contributed by atoms with Crippen LogP contribution < -0.4 is 11.5 Å². The predicted octanol–water partition coefficient (Wildman–Crippen LogP) is 1.55. The topological polar surface area (TPSA) is 52.0 Å². The Kier molecular flexibility index (Phi) is 3.20. The van der Waals surface area contributed by atoms with Crippen LogP contribution in [-0.2, 0) is 0 Å². The van der Waals surface area contributed by atoms with E-state index in [0.717, 1.165) is 4.47 Å². The summed E-state index contributed by atoms with van der Waals surface area (Å²) in [7, 11) is 0. The Balaban J connectivity index is 3.04. The molecule has 1 rings (SSSR count). The summed E-state index contributed by atoms with van der Waals surface area (Å²) in [5.41, 5.74) is 11.3. The highest BCUT2D eigenvalue weighted by Gasteiger charge is 2.09. The van der Waals surface area contributed by atoms with E-state index in [2.05, 4.69) is 15.9 Å². The molecule has 0 aliphatic carbocycles. The van der Waals surface area contributed by atoms with Crippen molar-refractivity contribution >= 4 is 15.9 Å². The quantitative estimate of drug-likeness (QED) is 0.814. The van der Waals surface area contributed by atoms with E-state index in [1.807, 2.05) is 0 Å². The molecule has 0 saturated carbocycles. The van der Waals surface area contributed by atoms with Gasteiger partial charge in [0.25, 0.3) is 0 Å². The predicted molar refractivity (Wildman–Crippen MR) is 50.1 cm³/mol. The fourth-order valence-electron chi connectivity index (χ4n) is 0.926. The van der Waals surface area contributed by atoms with Crippen molar-refractivity contribution in [3.05, 3.63) is 34.1 Å². The maximum Gasteiger partial charge on any atom is 0.128 e. The monoisotopic (exact) mass is 232 g/mol. The Morgan fingerprint density at radius 1 is 1.50 bits per heavy atom. The highest BCUT2D eigenvalue weighted by molar-refractivity contribution is 9.10. The third kappa shape index (κ3) is 2.03. The van der Waals surface area contributed by atoms with E-state index in [0.29, 0.717) is 5.56 Å². The zero-order valence-corrected chi connectivity index (χ0v) is 8.01. The molecule has 0 aromatic heterocycles. The molecule has 0 bridgehead atoms. The van der Waals surface area contributed by atoms with Gasteiger partial charge in [-0.1, -0.05) is 15.9 Å². The zero-order chi connectivity index (χ0) is 9.14. The lowest BCUT2D eigenvalue weighted by Gasteiger charge is -2.10. The summed E-state index contributed by atoms with van der Waals surface area (Å²) in [6.07, 6.45) is 0. The van der Waals surface area contributed by atoms with Crippen LogP contribution >= 0.6 is 15.9 Å². The summed E-state index contributed by atoms with van der Waals surface area (Å²) >= 11 is 3.23. The largest absolute Gasteiger partial charge is 0.329 e. The van der Waals surface area contributed by atoms with Crippen molar-refractivity contribution in [2.75, 3.05) is 6.54 Å². The lowest BCUT2D eigenvalue weighted by Crippen LogP contribution is -2.21. The minimum Gasteiger partial charge on any atom is -0.329 e. The third-order valence-corrected chi connectivity index (χ3v) is 2.10. The smallest absolute Gasteiger partial charge is 0.128 e. The fourth-order valence-corrected chi connectivity index (χ4v) is 1.30. The van der Waals surface area contributed by atoms with Gasteiger partial charge in [-0.2, -0.15) is 0 Å². The summed E-state index contributed by atoms with van der Waals surface area (Å²) < 4.78 is 13.9. The molecular weight excluding hydrogens is 223 g/mol. The van der Waals surface area contributed by atoms with E-state index in [4.69, 9.17) is 11.5 Å². The van der Waals surface area contributed by atoms with Crippen molar-refractivity contribution in [1.29, 1.82) is 0 Å².